The van der Waals surface area contributed by atoms with Crippen molar-refractivity contribution in [2.45, 2.75) is 19.3 Å². The average Bonchev–Trinajstić information content (AvgIpc) is 2.72. The predicted octanol–water partition coefficient (Wildman–Crippen LogP) is 1.21. The molecule has 2 aromatic rings. The second-order valence-electron chi connectivity index (χ2n) is 7.78. The van der Waals surface area contributed by atoms with Crippen LogP contribution < -0.4 is 5.63 Å². The summed E-state index contributed by atoms with van der Waals surface area (Å²) in [6.07, 6.45) is -0.456. The number of likely N-dealkylation sites (tertiary alicyclic amines) is 1. The van der Waals surface area contributed by atoms with Crippen molar-refractivity contribution in [1.82, 2.24) is 4.90 Å². The zero-order chi connectivity index (χ0) is 24.5. The number of carbonyl (C=O) groups is 3. The molecule has 178 valence electrons. The first-order chi connectivity index (χ1) is 15.4. The first-order valence-corrected chi connectivity index (χ1v) is 11.8. The summed E-state index contributed by atoms with van der Waals surface area (Å²) in [5.74, 6) is -6.42. The molecule has 11 nitrogen and oxygen atoms in total. The molecule has 0 aliphatic carbocycles. The number of Topliss-reactive ketones (excluding diaryl/α,β-unsaturated/α-hetero) is 1. The average molecular weight is 501 g/mol. The summed E-state index contributed by atoms with van der Waals surface area (Å²) in [6, 6.07) is 3.48. The van der Waals surface area contributed by atoms with Crippen molar-refractivity contribution >= 4 is 50.3 Å². The Kier molecular flexibility index (Phi) is 7.10. The Labute approximate surface area is 192 Å². The van der Waals surface area contributed by atoms with E-state index in [1.54, 1.807) is 0 Å². The third-order valence-electron chi connectivity index (χ3n) is 5.44. The summed E-state index contributed by atoms with van der Waals surface area (Å²) in [6.45, 7) is 0.0546. The maximum Gasteiger partial charge on any atom is 0.347 e. The molecule has 1 amide bonds. The molecule has 13 heteroatoms. The molecule has 0 saturated carbocycles. The fraction of sp³-hybridized carbons (Fsp3) is 0.400. The van der Waals surface area contributed by atoms with Crippen LogP contribution in [-0.2, 0) is 19.7 Å². The number of aromatic hydroxyl groups is 1. The van der Waals surface area contributed by atoms with Gasteiger partial charge in [-0.05, 0) is 25.0 Å². The molecule has 2 N–H and O–H groups in total. The van der Waals surface area contributed by atoms with Gasteiger partial charge in [-0.3, -0.25) is 14.4 Å². The van der Waals surface area contributed by atoms with Gasteiger partial charge in [0.25, 0.3) is 0 Å². The van der Waals surface area contributed by atoms with E-state index in [0.717, 1.165) is 12.1 Å². The second-order valence-corrected chi connectivity index (χ2v) is 9.63. The highest BCUT2D eigenvalue weighted by molar-refractivity contribution is 7.85. The molecule has 1 aliphatic rings. The summed E-state index contributed by atoms with van der Waals surface area (Å²) in [5, 5.41) is 18.8. The SMILES string of the molecule is O=C(CC(CS(=O)(=O)[O-])C(=O)N1CCC(C(=O)O)CC1)c1cc2cc(Cl)c(O)cc2oc1=O. The van der Waals surface area contributed by atoms with E-state index >= 15 is 0 Å². The van der Waals surface area contributed by atoms with Gasteiger partial charge in [-0.1, -0.05) is 11.6 Å². The lowest BCUT2D eigenvalue weighted by Gasteiger charge is -2.33. The molecule has 1 fully saturated rings. The molecule has 1 saturated heterocycles. The number of carboxylic acid groups (broad SMARTS) is 1. The van der Waals surface area contributed by atoms with E-state index in [1.807, 2.05) is 0 Å². The quantitative estimate of drug-likeness (QED) is 0.318. The molecule has 0 spiro atoms. The van der Waals surface area contributed by atoms with E-state index in [-0.39, 0.29) is 47.7 Å². The molecule has 0 radical (unpaired) electrons. The van der Waals surface area contributed by atoms with E-state index in [4.69, 9.17) is 21.1 Å². The number of nitrogens with zero attached hydrogens (tertiary/aromatic N) is 1. The van der Waals surface area contributed by atoms with Crippen LogP contribution in [0.4, 0.5) is 0 Å². The Morgan fingerprint density at radius 3 is 2.42 bits per heavy atom. The third-order valence-corrected chi connectivity index (χ3v) is 6.56. The molecule has 2 heterocycles. The highest BCUT2D eigenvalue weighted by Crippen LogP contribution is 2.29. The molecule has 1 aliphatic heterocycles. The maximum atomic E-state index is 12.9. The third kappa shape index (κ3) is 5.89. The van der Waals surface area contributed by atoms with Crippen LogP contribution in [0.3, 0.4) is 0 Å². The Balaban J connectivity index is 1.86. The summed E-state index contributed by atoms with van der Waals surface area (Å²) < 4.78 is 39.1. The number of ketones is 1. The minimum absolute atomic E-state index is 0.0273. The topological polar surface area (TPSA) is 182 Å². The fourth-order valence-electron chi connectivity index (χ4n) is 3.73. The number of fused-ring (bicyclic) bond motifs is 1. The highest BCUT2D eigenvalue weighted by Gasteiger charge is 2.33. The molecule has 1 atom stereocenters. The number of benzene rings is 1. The molecule has 33 heavy (non-hydrogen) atoms. The smallest absolute Gasteiger partial charge is 0.347 e. The van der Waals surface area contributed by atoms with Crippen LogP contribution in [0.5, 0.6) is 5.75 Å². The summed E-state index contributed by atoms with van der Waals surface area (Å²) in [4.78, 5) is 50.3. The van der Waals surface area contributed by atoms with Crippen molar-refractivity contribution in [3.05, 3.63) is 39.2 Å². The summed E-state index contributed by atoms with van der Waals surface area (Å²) in [7, 11) is -4.90. The fourth-order valence-corrected chi connectivity index (χ4v) is 4.65. The largest absolute Gasteiger partial charge is 0.748 e. The van der Waals surface area contributed by atoms with Gasteiger partial charge in [0, 0.05) is 31.0 Å². The lowest BCUT2D eigenvalue weighted by atomic mass is 9.94. The zero-order valence-corrected chi connectivity index (χ0v) is 18.6. The van der Waals surface area contributed by atoms with Crippen molar-refractivity contribution < 1.29 is 42.0 Å². The number of halogens is 1. The number of rotatable bonds is 7. The number of carboxylic acids is 1. The number of hydrogen-bond donors (Lipinski definition) is 2. The van der Waals surface area contributed by atoms with Crippen molar-refractivity contribution in [2.24, 2.45) is 11.8 Å². The molecular weight excluding hydrogens is 482 g/mol. The number of carbonyl (C=O) groups excluding carboxylic acids is 2. The van der Waals surface area contributed by atoms with E-state index in [2.05, 4.69) is 0 Å². The van der Waals surface area contributed by atoms with Crippen LogP contribution in [0.2, 0.25) is 5.02 Å². The minimum atomic E-state index is -4.90. The van der Waals surface area contributed by atoms with Gasteiger partial charge in [0.15, 0.2) is 5.78 Å². The molecule has 3 rings (SSSR count). The molecule has 1 aromatic heterocycles. The highest BCUT2D eigenvalue weighted by atomic mass is 35.5. The van der Waals surface area contributed by atoms with Gasteiger partial charge in [0.1, 0.15) is 16.9 Å². The molecule has 1 aromatic carbocycles. The van der Waals surface area contributed by atoms with Crippen molar-refractivity contribution in [3.8, 4) is 5.75 Å². The first-order valence-electron chi connectivity index (χ1n) is 9.80. The van der Waals surface area contributed by atoms with Gasteiger partial charge in [-0.2, -0.15) is 0 Å². The van der Waals surface area contributed by atoms with Crippen LogP contribution in [0.25, 0.3) is 11.0 Å². The standard InChI is InChI=1S/C20H20ClNO10S/c21-14-6-11-5-13(20(28)32-17(11)8-16(14)24)15(23)7-12(9-33(29,30)31)18(25)22-3-1-10(2-4-22)19(26)27/h5-6,8,10,12,24H,1-4,7,9H2,(H,26,27)(H,29,30,31)/p-1. The number of amides is 1. The van der Waals surface area contributed by atoms with E-state index in [1.165, 1.54) is 11.0 Å². The van der Waals surface area contributed by atoms with Gasteiger partial charge < -0.3 is 24.1 Å². The Morgan fingerprint density at radius 2 is 1.85 bits per heavy atom. The Hall–Kier alpha value is -2.96. The summed E-state index contributed by atoms with van der Waals surface area (Å²) >= 11 is 5.83. The van der Waals surface area contributed by atoms with E-state index in [0.29, 0.717) is 0 Å². The van der Waals surface area contributed by atoms with Gasteiger partial charge >= 0.3 is 11.6 Å². The lowest BCUT2D eigenvalue weighted by molar-refractivity contribution is -0.146. The predicted molar refractivity (Wildman–Crippen MR) is 113 cm³/mol. The maximum absolute atomic E-state index is 12.9. The monoisotopic (exact) mass is 500 g/mol. The van der Waals surface area contributed by atoms with Gasteiger partial charge in [-0.25, -0.2) is 13.2 Å². The first kappa shape index (κ1) is 24.7. The van der Waals surface area contributed by atoms with E-state index < -0.39 is 63.0 Å². The van der Waals surface area contributed by atoms with Crippen molar-refractivity contribution in [1.29, 1.82) is 0 Å². The number of piperidine rings is 1. The van der Waals surface area contributed by atoms with Gasteiger partial charge in [0.05, 0.1) is 32.7 Å². The molecular formula is C20H19ClNO10S-. The lowest BCUT2D eigenvalue weighted by Crippen LogP contribution is -2.45. The van der Waals surface area contributed by atoms with Gasteiger partial charge in [0.2, 0.25) is 5.91 Å². The molecule has 1 unspecified atom stereocenters. The van der Waals surface area contributed by atoms with Crippen LogP contribution in [0.15, 0.2) is 27.4 Å². The second kappa shape index (κ2) is 9.49. The van der Waals surface area contributed by atoms with E-state index in [9.17, 15) is 37.3 Å². The number of phenolic OH excluding ortho intramolecular Hbond substituents is 1. The number of hydrogen-bond acceptors (Lipinski definition) is 9. The Bertz CT molecular complexity index is 1280. The van der Waals surface area contributed by atoms with Crippen LogP contribution >= 0.6 is 11.6 Å². The molecule has 0 bridgehead atoms. The zero-order valence-electron chi connectivity index (χ0n) is 17.0. The van der Waals surface area contributed by atoms with Gasteiger partial charge in [-0.15, -0.1) is 0 Å². The normalized spacial score (nSPS) is 16.0. The van der Waals surface area contributed by atoms with Crippen molar-refractivity contribution in [2.75, 3.05) is 18.8 Å². The Morgan fingerprint density at radius 1 is 1.21 bits per heavy atom. The summed E-state index contributed by atoms with van der Waals surface area (Å²) in [5.41, 5.74) is -1.60. The number of phenols is 1. The number of aliphatic carboxylic acids is 1. The van der Waals surface area contributed by atoms with Crippen LogP contribution in [-0.4, -0.2) is 64.6 Å². The van der Waals surface area contributed by atoms with Crippen LogP contribution in [0.1, 0.15) is 29.6 Å². The minimum Gasteiger partial charge on any atom is -0.748 e. The van der Waals surface area contributed by atoms with Crippen LogP contribution in [0, 0.1) is 11.8 Å². The van der Waals surface area contributed by atoms with Crippen molar-refractivity contribution in [3.63, 3.8) is 0 Å².